The van der Waals surface area contributed by atoms with E-state index in [1.165, 1.54) is 29.8 Å². The maximum atomic E-state index is 14.9. The molecule has 3 aromatic heterocycles. The van der Waals surface area contributed by atoms with E-state index in [0.717, 1.165) is 21.3 Å². The highest BCUT2D eigenvalue weighted by atomic mass is 32.1. The fraction of sp³-hybridized carbons (Fsp3) is 0.231. The molecule has 0 aliphatic heterocycles. The molecule has 10 nitrogen and oxygen atoms in total. The number of ether oxygens (including phenoxy) is 2. The summed E-state index contributed by atoms with van der Waals surface area (Å²) >= 11 is 1.41. The number of rotatable bonds is 7. The lowest BCUT2D eigenvalue weighted by molar-refractivity contribution is 0.0969. The van der Waals surface area contributed by atoms with Crippen molar-refractivity contribution < 1.29 is 18.7 Å². The van der Waals surface area contributed by atoms with Gasteiger partial charge in [-0.05, 0) is 38.5 Å². The van der Waals surface area contributed by atoms with Crippen LogP contribution in [0, 0.1) is 19.7 Å². The topological polar surface area (TPSA) is 124 Å². The van der Waals surface area contributed by atoms with Crippen LogP contribution in [0.1, 0.15) is 18.3 Å². The van der Waals surface area contributed by atoms with Gasteiger partial charge in [0.25, 0.3) is 0 Å². The largest absolute Gasteiger partial charge is 0.484 e. The van der Waals surface area contributed by atoms with Gasteiger partial charge in [-0.3, -0.25) is 10.3 Å². The third-order valence-corrected chi connectivity index (χ3v) is 6.58. The molecule has 3 heterocycles. The normalized spacial score (nSPS) is 11.9. The van der Waals surface area contributed by atoms with Crippen molar-refractivity contribution in [2.75, 3.05) is 24.3 Å². The minimum absolute atomic E-state index is 0.0451. The van der Waals surface area contributed by atoms with Crippen molar-refractivity contribution in [1.82, 2.24) is 24.9 Å². The van der Waals surface area contributed by atoms with Crippen molar-refractivity contribution in [3.05, 3.63) is 60.1 Å². The van der Waals surface area contributed by atoms with E-state index in [9.17, 15) is 9.18 Å². The molecule has 0 saturated heterocycles. The molecule has 194 valence electrons. The number of amides is 1. The van der Waals surface area contributed by atoms with Crippen molar-refractivity contribution >= 4 is 50.2 Å². The maximum absolute atomic E-state index is 14.9. The Kier molecular flexibility index (Phi) is 6.97. The van der Waals surface area contributed by atoms with Crippen LogP contribution in [0.25, 0.3) is 31.8 Å². The van der Waals surface area contributed by atoms with Gasteiger partial charge in [-0.2, -0.15) is 0 Å². The summed E-state index contributed by atoms with van der Waals surface area (Å²) in [5.41, 5.74) is 4.21. The second-order valence-electron chi connectivity index (χ2n) is 8.63. The number of anilines is 2. The van der Waals surface area contributed by atoms with Crippen LogP contribution in [-0.4, -0.2) is 50.8 Å². The number of nitrogens with zero attached hydrogens (tertiary/aromatic N) is 5. The van der Waals surface area contributed by atoms with E-state index in [-0.39, 0.29) is 12.4 Å². The average molecular weight is 534 g/mol. The molecule has 1 atom stereocenters. The van der Waals surface area contributed by atoms with Gasteiger partial charge in [0.05, 0.1) is 45.5 Å². The van der Waals surface area contributed by atoms with E-state index in [0.29, 0.717) is 33.4 Å². The molecule has 38 heavy (non-hydrogen) atoms. The summed E-state index contributed by atoms with van der Waals surface area (Å²) in [6.45, 7) is 5.31. The van der Waals surface area contributed by atoms with E-state index in [2.05, 4.69) is 35.6 Å². The average Bonchev–Trinajstić information content (AvgIpc) is 3.30. The summed E-state index contributed by atoms with van der Waals surface area (Å²) in [4.78, 5) is 33.9. The summed E-state index contributed by atoms with van der Waals surface area (Å²) in [5, 5.41) is 6.23. The van der Waals surface area contributed by atoms with Gasteiger partial charge in [0.2, 0.25) is 0 Å². The zero-order valence-electron chi connectivity index (χ0n) is 21.1. The Labute approximate surface area is 221 Å². The molecular formula is C26H24FN7O3S. The lowest BCUT2D eigenvalue weighted by Gasteiger charge is -2.15. The van der Waals surface area contributed by atoms with Gasteiger partial charge in [-0.1, -0.05) is 0 Å². The number of carbonyl (C=O) groups excluding carboxylic acids is 1. The highest BCUT2D eigenvalue weighted by Gasteiger charge is 2.17. The number of aryl methyl sites for hydroxylation is 2. The first-order chi connectivity index (χ1) is 18.3. The van der Waals surface area contributed by atoms with Crippen LogP contribution < -0.4 is 15.4 Å². The number of aromatic nitrogens is 5. The van der Waals surface area contributed by atoms with Crippen LogP contribution in [0.15, 0.2) is 42.9 Å². The summed E-state index contributed by atoms with van der Waals surface area (Å²) < 4.78 is 26.6. The molecule has 0 fully saturated rings. The van der Waals surface area contributed by atoms with Crippen LogP contribution in [0.3, 0.4) is 0 Å². The quantitative estimate of drug-likeness (QED) is 0.279. The zero-order valence-corrected chi connectivity index (χ0v) is 21.9. The van der Waals surface area contributed by atoms with E-state index in [1.54, 1.807) is 33.2 Å². The molecule has 2 aromatic carbocycles. The fourth-order valence-corrected chi connectivity index (χ4v) is 4.73. The summed E-state index contributed by atoms with van der Waals surface area (Å²) in [6.07, 6.45) is 3.32. The molecule has 0 spiro atoms. The molecule has 0 aliphatic rings. The summed E-state index contributed by atoms with van der Waals surface area (Å²) in [5.74, 6) is 0.739. The number of hydrogen-bond donors (Lipinski definition) is 2. The molecule has 2 N–H and O–H groups in total. The second kappa shape index (κ2) is 10.5. The van der Waals surface area contributed by atoms with E-state index in [4.69, 9.17) is 9.47 Å². The van der Waals surface area contributed by atoms with Crippen LogP contribution in [0.5, 0.6) is 5.75 Å². The molecule has 0 bridgehead atoms. The maximum Gasteiger partial charge on any atom is 0.411 e. The second-order valence-corrected chi connectivity index (χ2v) is 9.66. The molecule has 0 radical (unpaired) electrons. The Morgan fingerprint density at radius 2 is 1.84 bits per heavy atom. The first-order valence-corrected chi connectivity index (χ1v) is 12.6. The monoisotopic (exact) mass is 533 g/mol. The van der Waals surface area contributed by atoms with Gasteiger partial charge in [-0.25, -0.2) is 29.1 Å². The molecule has 1 unspecified atom stereocenters. The smallest absolute Gasteiger partial charge is 0.411 e. The molecule has 0 aliphatic carbocycles. The number of carbonyl (C=O) groups is 1. The Morgan fingerprint density at radius 3 is 2.61 bits per heavy atom. The molecule has 0 saturated carbocycles. The van der Waals surface area contributed by atoms with E-state index in [1.807, 2.05) is 19.1 Å². The van der Waals surface area contributed by atoms with Crippen molar-refractivity contribution in [3.8, 4) is 16.3 Å². The first kappa shape index (κ1) is 25.2. The highest BCUT2D eigenvalue weighted by Crippen LogP contribution is 2.37. The Bertz CT molecular complexity index is 1640. The summed E-state index contributed by atoms with van der Waals surface area (Å²) in [7, 11) is 1.79. The minimum atomic E-state index is -0.689. The molecule has 5 aromatic rings. The standard InChI is InChI=1S/C26H24FN7O3S/c1-13-5-17(24-20(6-13)33-23(28-4)11-31-24)25-34-19-7-18(27)21(8-22(19)38-25)37-14(2)12-36-26(35)32-16-9-29-15(3)30-10-16/h5-11,14H,12H2,1-4H3,(H,28,33)(H,32,35). The first-order valence-electron chi connectivity index (χ1n) is 11.7. The number of halogens is 1. The highest BCUT2D eigenvalue weighted by molar-refractivity contribution is 7.21. The van der Waals surface area contributed by atoms with E-state index >= 15 is 0 Å². The predicted molar refractivity (Wildman–Crippen MR) is 144 cm³/mol. The summed E-state index contributed by atoms with van der Waals surface area (Å²) in [6, 6.07) is 6.90. The van der Waals surface area contributed by atoms with Gasteiger partial charge in [0, 0.05) is 24.7 Å². The van der Waals surface area contributed by atoms with Crippen molar-refractivity contribution in [2.24, 2.45) is 0 Å². The Morgan fingerprint density at radius 1 is 1.05 bits per heavy atom. The van der Waals surface area contributed by atoms with Gasteiger partial charge < -0.3 is 14.8 Å². The van der Waals surface area contributed by atoms with E-state index < -0.39 is 18.0 Å². The number of thiazole rings is 1. The molecule has 5 rings (SSSR count). The number of hydrogen-bond acceptors (Lipinski definition) is 10. The lowest BCUT2D eigenvalue weighted by Crippen LogP contribution is -2.24. The molecule has 12 heteroatoms. The zero-order chi connectivity index (χ0) is 26.8. The van der Waals surface area contributed by atoms with Gasteiger partial charge >= 0.3 is 6.09 Å². The number of benzene rings is 2. The Balaban J connectivity index is 1.32. The van der Waals surface area contributed by atoms with Crippen LogP contribution in [-0.2, 0) is 4.74 Å². The van der Waals surface area contributed by atoms with Crippen LogP contribution in [0.4, 0.5) is 20.7 Å². The predicted octanol–water partition coefficient (Wildman–Crippen LogP) is 5.51. The molecular weight excluding hydrogens is 509 g/mol. The van der Waals surface area contributed by atoms with Gasteiger partial charge in [0.1, 0.15) is 29.4 Å². The number of fused-ring (bicyclic) bond motifs is 2. The molecule has 1 amide bonds. The SMILES string of the molecule is CNc1cnc2c(-c3nc4cc(F)c(OC(C)COC(=O)Nc5cnc(C)nc5)cc4s3)cc(C)cc2n1. The van der Waals surface area contributed by atoms with Crippen molar-refractivity contribution in [2.45, 2.75) is 26.9 Å². The van der Waals surface area contributed by atoms with Crippen molar-refractivity contribution in [1.29, 1.82) is 0 Å². The fourth-order valence-electron chi connectivity index (χ4n) is 3.74. The van der Waals surface area contributed by atoms with Crippen LogP contribution in [0.2, 0.25) is 0 Å². The third kappa shape index (κ3) is 5.44. The van der Waals surface area contributed by atoms with Crippen molar-refractivity contribution in [3.63, 3.8) is 0 Å². The van der Waals surface area contributed by atoms with Gasteiger partial charge in [-0.15, -0.1) is 11.3 Å². The Hall–Kier alpha value is -4.45. The lowest BCUT2D eigenvalue weighted by atomic mass is 10.1. The number of nitrogens with one attached hydrogen (secondary N) is 2. The minimum Gasteiger partial charge on any atom is -0.484 e. The third-order valence-electron chi connectivity index (χ3n) is 5.52. The van der Waals surface area contributed by atoms with Crippen LogP contribution >= 0.6 is 11.3 Å². The van der Waals surface area contributed by atoms with Gasteiger partial charge in [0.15, 0.2) is 11.6 Å².